The number of anilines is 1. The molecule has 0 spiro atoms. The van der Waals surface area contributed by atoms with E-state index in [-0.39, 0.29) is 18.1 Å². The number of carbonyl (C=O) groups excluding carboxylic acids is 1. The Morgan fingerprint density at radius 3 is 3.04 bits per heavy atom. The molecule has 3 atom stereocenters. The number of hydrogen-bond donors (Lipinski definition) is 2. The molecule has 130 valence electrons. The minimum absolute atomic E-state index is 0.0141. The zero-order valence-corrected chi connectivity index (χ0v) is 14.2. The molecule has 2 aliphatic heterocycles. The lowest BCUT2D eigenvalue weighted by Gasteiger charge is -2.38. The SMILES string of the molecule is COC(=O)c1ccc2c(c1)[C@@H]1[C@@H](CCN1C#N)[C@H](CCCNC#N)N2. The highest BCUT2D eigenvalue weighted by molar-refractivity contribution is 5.90. The zero-order chi connectivity index (χ0) is 17.8. The molecular weight excluding hydrogens is 318 g/mol. The molecular formula is C18H21N5O2. The van der Waals surface area contributed by atoms with Gasteiger partial charge in [-0.1, -0.05) is 0 Å². The first kappa shape index (κ1) is 16.9. The number of nitrogens with one attached hydrogen (secondary N) is 2. The lowest BCUT2D eigenvalue weighted by Crippen LogP contribution is -2.39. The highest BCUT2D eigenvalue weighted by Crippen LogP contribution is 2.47. The highest BCUT2D eigenvalue weighted by atomic mass is 16.5. The van der Waals surface area contributed by atoms with Gasteiger partial charge in [0.1, 0.15) is 0 Å². The van der Waals surface area contributed by atoms with Gasteiger partial charge in [-0.2, -0.15) is 10.5 Å². The second kappa shape index (κ2) is 7.31. The monoisotopic (exact) mass is 339 g/mol. The molecule has 0 amide bonds. The topological polar surface area (TPSA) is 101 Å². The third-order valence-corrected chi connectivity index (χ3v) is 5.12. The van der Waals surface area contributed by atoms with Crippen molar-refractivity contribution < 1.29 is 9.53 Å². The molecule has 25 heavy (non-hydrogen) atoms. The predicted octanol–water partition coefficient (Wildman–Crippen LogP) is 1.96. The average molecular weight is 339 g/mol. The van der Waals surface area contributed by atoms with Crippen LogP contribution in [0, 0.1) is 28.8 Å². The van der Waals surface area contributed by atoms with E-state index in [2.05, 4.69) is 16.8 Å². The van der Waals surface area contributed by atoms with Crippen LogP contribution in [0.25, 0.3) is 0 Å². The van der Waals surface area contributed by atoms with Crippen molar-refractivity contribution in [2.45, 2.75) is 31.3 Å². The number of likely N-dealkylation sites (tertiary alicyclic amines) is 1. The van der Waals surface area contributed by atoms with Crippen LogP contribution in [0.1, 0.15) is 41.2 Å². The van der Waals surface area contributed by atoms with E-state index in [0.29, 0.717) is 18.0 Å². The summed E-state index contributed by atoms with van der Waals surface area (Å²) in [5, 5.41) is 24.3. The molecule has 1 saturated heterocycles. The van der Waals surface area contributed by atoms with Crippen LogP contribution in [0.2, 0.25) is 0 Å². The van der Waals surface area contributed by atoms with Crippen molar-refractivity contribution in [3.63, 3.8) is 0 Å². The summed E-state index contributed by atoms with van der Waals surface area (Å²) in [5.41, 5.74) is 2.45. The van der Waals surface area contributed by atoms with Crippen LogP contribution in [0.15, 0.2) is 18.2 Å². The third-order valence-electron chi connectivity index (χ3n) is 5.12. The molecule has 1 aromatic carbocycles. The maximum atomic E-state index is 11.9. The summed E-state index contributed by atoms with van der Waals surface area (Å²) in [6.07, 6.45) is 6.98. The van der Waals surface area contributed by atoms with Crippen molar-refractivity contribution in [2.75, 3.05) is 25.5 Å². The number of ether oxygens (including phenoxy) is 1. The van der Waals surface area contributed by atoms with Crippen molar-refractivity contribution in [1.82, 2.24) is 10.2 Å². The largest absolute Gasteiger partial charge is 0.465 e. The molecule has 0 saturated carbocycles. The fourth-order valence-electron chi connectivity index (χ4n) is 3.99. The van der Waals surface area contributed by atoms with Gasteiger partial charge in [-0.15, -0.1) is 0 Å². The Bertz CT molecular complexity index is 736. The van der Waals surface area contributed by atoms with Crippen LogP contribution in [0.3, 0.4) is 0 Å². The van der Waals surface area contributed by atoms with E-state index in [1.165, 1.54) is 7.11 Å². The number of carbonyl (C=O) groups is 1. The summed E-state index contributed by atoms with van der Waals surface area (Å²) in [7, 11) is 1.37. The lowest BCUT2D eigenvalue weighted by molar-refractivity contribution is 0.0600. The Hall–Kier alpha value is -2.93. The van der Waals surface area contributed by atoms with Crippen molar-refractivity contribution in [3.05, 3.63) is 29.3 Å². The van der Waals surface area contributed by atoms with E-state index in [0.717, 1.165) is 37.1 Å². The van der Waals surface area contributed by atoms with Gasteiger partial charge >= 0.3 is 5.97 Å². The molecule has 2 heterocycles. The first-order chi connectivity index (χ1) is 12.2. The van der Waals surface area contributed by atoms with Crippen LogP contribution in [-0.2, 0) is 4.74 Å². The maximum absolute atomic E-state index is 11.9. The summed E-state index contributed by atoms with van der Waals surface area (Å²) in [6, 6.07) is 5.72. The summed E-state index contributed by atoms with van der Waals surface area (Å²) < 4.78 is 4.82. The molecule has 2 N–H and O–H groups in total. The Morgan fingerprint density at radius 2 is 2.32 bits per heavy atom. The van der Waals surface area contributed by atoms with Crippen LogP contribution < -0.4 is 10.6 Å². The normalized spacial score (nSPS) is 23.5. The molecule has 0 radical (unpaired) electrons. The molecule has 0 aromatic heterocycles. The first-order valence-corrected chi connectivity index (χ1v) is 8.46. The third kappa shape index (κ3) is 3.18. The number of methoxy groups -OCH3 is 1. The van der Waals surface area contributed by atoms with Gasteiger partial charge in [0.25, 0.3) is 0 Å². The van der Waals surface area contributed by atoms with E-state index < -0.39 is 0 Å². The van der Waals surface area contributed by atoms with Gasteiger partial charge in [0.15, 0.2) is 12.4 Å². The summed E-state index contributed by atoms with van der Waals surface area (Å²) in [6.45, 7) is 1.38. The van der Waals surface area contributed by atoms with Gasteiger partial charge in [0.05, 0.1) is 18.7 Å². The van der Waals surface area contributed by atoms with Crippen LogP contribution in [0.4, 0.5) is 5.69 Å². The Balaban J connectivity index is 1.88. The molecule has 0 unspecified atom stereocenters. The zero-order valence-electron chi connectivity index (χ0n) is 14.2. The van der Waals surface area contributed by atoms with Gasteiger partial charge in [0.2, 0.25) is 0 Å². The van der Waals surface area contributed by atoms with Gasteiger partial charge in [0, 0.05) is 30.7 Å². The smallest absolute Gasteiger partial charge is 0.337 e. The molecule has 1 fully saturated rings. The van der Waals surface area contributed by atoms with Crippen LogP contribution in [-0.4, -0.2) is 37.1 Å². The second-order valence-electron chi connectivity index (χ2n) is 6.42. The minimum Gasteiger partial charge on any atom is -0.465 e. The number of nitrogens with zero attached hydrogens (tertiary/aromatic N) is 3. The van der Waals surface area contributed by atoms with E-state index in [9.17, 15) is 10.1 Å². The molecule has 7 heteroatoms. The molecule has 3 rings (SSSR count). The van der Waals surface area contributed by atoms with Crippen LogP contribution in [0.5, 0.6) is 0 Å². The fraction of sp³-hybridized carbons (Fsp3) is 0.500. The second-order valence-corrected chi connectivity index (χ2v) is 6.42. The van der Waals surface area contributed by atoms with Gasteiger partial charge in [-0.25, -0.2) is 4.79 Å². The quantitative estimate of drug-likeness (QED) is 0.366. The fourth-order valence-corrected chi connectivity index (χ4v) is 3.99. The van der Waals surface area contributed by atoms with E-state index in [4.69, 9.17) is 10.00 Å². The average Bonchev–Trinajstić information content (AvgIpc) is 3.08. The number of fused-ring (bicyclic) bond motifs is 3. The lowest BCUT2D eigenvalue weighted by atomic mass is 9.80. The predicted molar refractivity (Wildman–Crippen MR) is 91.2 cm³/mol. The van der Waals surface area contributed by atoms with Crippen molar-refractivity contribution in [2.24, 2.45) is 5.92 Å². The minimum atomic E-state index is -0.370. The summed E-state index contributed by atoms with van der Waals surface area (Å²) >= 11 is 0. The van der Waals surface area contributed by atoms with Crippen molar-refractivity contribution >= 4 is 11.7 Å². The molecule has 7 nitrogen and oxygen atoms in total. The summed E-state index contributed by atoms with van der Waals surface area (Å²) in [4.78, 5) is 13.7. The Labute approximate surface area is 147 Å². The molecule has 0 aliphatic carbocycles. The highest BCUT2D eigenvalue weighted by Gasteiger charge is 2.43. The molecule has 1 aromatic rings. The standard InChI is InChI=1S/C18H21N5O2/c1-25-18(24)12-4-5-16-14(9-12)17-13(6-8-23(17)11-20)15(22-16)3-2-7-21-10-19/h4-5,9,13,15,17,21-22H,2-3,6-8H2,1H3/t13-,15-,17-/m0/s1. The number of rotatable bonds is 5. The number of hydrogen-bond acceptors (Lipinski definition) is 7. The number of benzene rings is 1. The number of nitriles is 2. The maximum Gasteiger partial charge on any atom is 0.337 e. The molecule has 0 bridgehead atoms. The van der Waals surface area contributed by atoms with Crippen LogP contribution >= 0.6 is 0 Å². The number of esters is 1. The molecule has 2 aliphatic rings. The van der Waals surface area contributed by atoms with E-state index in [1.54, 1.807) is 6.07 Å². The Kier molecular flexibility index (Phi) is 4.95. The first-order valence-electron chi connectivity index (χ1n) is 8.46. The van der Waals surface area contributed by atoms with Gasteiger partial charge in [-0.3, -0.25) is 0 Å². The van der Waals surface area contributed by atoms with Crippen molar-refractivity contribution in [1.29, 1.82) is 10.5 Å². The van der Waals surface area contributed by atoms with Gasteiger partial charge < -0.3 is 20.3 Å². The van der Waals surface area contributed by atoms with E-state index in [1.807, 2.05) is 23.2 Å². The van der Waals surface area contributed by atoms with Gasteiger partial charge in [-0.05, 0) is 43.0 Å². The Morgan fingerprint density at radius 1 is 1.48 bits per heavy atom. The summed E-state index contributed by atoms with van der Waals surface area (Å²) in [5.74, 6) is -0.0623. The van der Waals surface area contributed by atoms with E-state index >= 15 is 0 Å². The van der Waals surface area contributed by atoms with Crippen molar-refractivity contribution in [3.8, 4) is 12.4 Å².